The van der Waals surface area contributed by atoms with Gasteiger partial charge in [-0.3, -0.25) is 0 Å². The third-order valence-corrected chi connectivity index (χ3v) is 4.26. The van der Waals surface area contributed by atoms with Gasteiger partial charge in [-0.2, -0.15) is 0 Å². The minimum absolute atomic E-state index is 0.254. The Bertz CT molecular complexity index is 647. The summed E-state index contributed by atoms with van der Waals surface area (Å²) in [5.41, 5.74) is 1.53. The highest BCUT2D eigenvalue weighted by Crippen LogP contribution is 2.28. The van der Waals surface area contributed by atoms with E-state index < -0.39 is 5.60 Å². The molecule has 0 radical (unpaired) electrons. The molecule has 25 heavy (non-hydrogen) atoms. The van der Waals surface area contributed by atoms with Gasteiger partial charge in [0.2, 0.25) is 0 Å². The zero-order valence-corrected chi connectivity index (χ0v) is 16.5. The van der Waals surface area contributed by atoms with Gasteiger partial charge >= 0.3 is 6.09 Å². The normalized spacial score (nSPS) is 16.4. The van der Waals surface area contributed by atoms with Crippen LogP contribution < -0.4 is 5.32 Å². The molecular weight excluding hydrogens is 332 g/mol. The van der Waals surface area contributed by atoms with Crippen molar-refractivity contribution in [3.63, 3.8) is 0 Å². The monoisotopic (exact) mass is 360 g/mol. The Labute approximate surface area is 156 Å². The van der Waals surface area contributed by atoms with E-state index in [9.17, 15) is 4.79 Å². The van der Waals surface area contributed by atoms with Crippen molar-refractivity contribution >= 4 is 18.9 Å². The molecule has 1 fully saturated rings. The average Bonchev–Trinajstić information content (AvgIpc) is 2.45. The van der Waals surface area contributed by atoms with Crippen LogP contribution in [-0.4, -0.2) is 34.6 Å². The third-order valence-electron chi connectivity index (χ3n) is 3.98. The molecule has 1 aliphatic heterocycles. The van der Waals surface area contributed by atoms with Gasteiger partial charge in [-0.25, -0.2) is 9.10 Å². The standard InChI is InChI=1S/C20H28N2O2S/c1-16-9-11-17(12-10-16)8-6-5-7-13-20(14-22(25)15-20)21-18(23)24-19(2,3)4/h9-12,25H,5,7,13-15H2,1-4H3,(H,21,23). The number of hydrogen-bond donors (Lipinski definition) is 2. The molecule has 1 aromatic rings. The van der Waals surface area contributed by atoms with Crippen LogP contribution in [0, 0.1) is 18.8 Å². The maximum Gasteiger partial charge on any atom is 0.408 e. The summed E-state index contributed by atoms with van der Waals surface area (Å²) in [4.78, 5) is 12.1. The first-order chi connectivity index (χ1) is 11.7. The lowest BCUT2D eigenvalue weighted by Crippen LogP contribution is -2.67. The minimum atomic E-state index is -0.491. The zero-order chi connectivity index (χ0) is 18.5. The molecule has 0 aliphatic carbocycles. The summed E-state index contributed by atoms with van der Waals surface area (Å²) >= 11 is 4.34. The number of carbonyl (C=O) groups is 1. The van der Waals surface area contributed by atoms with Crippen LogP contribution >= 0.6 is 12.8 Å². The molecule has 2 rings (SSSR count). The Morgan fingerprint density at radius 2 is 1.96 bits per heavy atom. The number of alkyl carbamates (subject to hydrolysis) is 1. The first kappa shape index (κ1) is 19.7. The van der Waals surface area contributed by atoms with Gasteiger partial charge < -0.3 is 10.1 Å². The first-order valence-electron chi connectivity index (χ1n) is 8.68. The second kappa shape index (κ2) is 8.16. The van der Waals surface area contributed by atoms with Crippen LogP contribution in [0.5, 0.6) is 0 Å². The van der Waals surface area contributed by atoms with Gasteiger partial charge in [-0.05, 0) is 52.7 Å². The molecular formula is C20H28N2O2S. The molecule has 0 bridgehead atoms. The van der Waals surface area contributed by atoms with Crippen molar-refractivity contribution < 1.29 is 9.53 Å². The molecule has 1 saturated heterocycles. The van der Waals surface area contributed by atoms with E-state index in [2.05, 4.69) is 49.0 Å². The van der Waals surface area contributed by atoms with Gasteiger partial charge in [0.1, 0.15) is 5.60 Å². The van der Waals surface area contributed by atoms with Crippen LogP contribution in [-0.2, 0) is 4.74 Å². The number of rotatable bonds is 4. The summed E-state index contributed by atoms with van der Waals surface area (Å²) in [5, 5.41) is 3.03. The molecule has 4 nitrogen and oxygen atoms in total. The summed E-state index contributed by atoms with van der Waals surface area (Å²) < 4.78 is 7.28. The summed E-state index contributed by atoms with van der Waals surface area (Å²) in [6.07, 6.45) is 2.24. The molecule has 0 saturated carbocycles. The van der Waals surface area contributed by atoms with Crippen molar-refractivity contribution in [3.8, 4) is 11.8 Å². The molecule has 0 spiro atoms. The topological polar surface area (TPSA) is 41.6 Å². The van der Waals surface area contributed by atoms with Crippen molar-refractivity contribution in [1.82, 2.24) is 9.62 Å². The highest BCUT2D eigenvalue weighted by atomic mass is 32.1. The average molecular weight is 361 g/mol. The number of nitrogens with one attached hydrogen (secondary N) is 1. The predicted octanol–water partition coefficient (Wildman–Crippen LogP) is 3.94. The Morgan fingerprint density at radius 3 is 2.52 bits per heavy atom. The molecule has 1 aliphatic rings. The number of amides is 1. The maximum absolute atomic E-state index is 12.1. The Morgan fingerprint density at radius 1 is 1.32 bits per heavy atom. The molecule has 5 heteroatoms. The predicted molar refractivity (Wildman–Crippen MR) is 105 cm³/mol. The molecule has 0 atom stereocenters. The van der Waals surface area contributed by atoms with Gasteiger partial charge in [-0.15, -0.1) is 0 Å². The number of nitrogens with zero attached hydrogens (tertiary/aromatic N) is 1. The van der Waals surface area contributed by atoms with E-state index in [4.69, 9.17) is 4.74 Å². The second-order valence-electron chi connectivity index (χ2n) is 7.75. The van der Waals surface area contributed by atoms with Crippen LogP contribution in [0.4, 0.5) is 4.79 Å². The van der Waals surface area contributed by atoms with Crippen molar-refractivity contribution in [1.29, 1.82) is 0 Å². The van der Waals surface area contributed by atoms with Crippen LogP contribution in [0.25, 0.3) is 0 Å². The Balaban J connectivity index is 1.82. The number of carbonyl (C=O) groups excluding carboxylic acids is 1. The minimum Gasteiger partial charge on any atom is -0.444 e. The molecule has 136 valence electrons. The van der Waals surface area contributed by atoms with E-state index in [-0.39, 0.29) is 11.6 Å². The number of thiol groups is 1. The Hall–Kier alpha value is -1.64. The van der Waals surface area contributed by atoms with Crippen LogP contribution in [0.3, 0.4) is 0 Å². The molecule has 1 amide bonds. The van der Waals surface area contributed by atoms with Crippen molar-refractivity contribution in [3.05, 3.63) is 35.4 Å². The fraction of sp³-hybridized carbons (Fsp3) is 0.550. The van der Waals surface area contributed by atoms with Crippen molar-refractivity contribution in [2.75, 3.05) is 13.1 Å². The second-order valence-corrected chi connectivity index (χ2v) is 8.32. The lowest BCUT2D eigenvalue weighted by atomic mass is 9.86. The summed E-state index contributed by atoms with van der Waals surface area (Å²) in [6.45, 7) is 9.11. The largest absolute Gasteiger partial charge is 0.444 e. The third kappa shape index (κ3) is 6.64. The summed E-state index contributed by atoms with van der Waals surface area (Å²) in [5.74, 6) is 6.41. The molecule has 1 N–H and O–H groups in total. The van der Waals surface area contributed by atoms with Gasteiger partial charge in [0.05, 0.1) is 5.54 Å². The fourth-order valence-electron chi connectivity index (χ4n) is 2.79. The van der Waals surface area contributed by atoms with E-state index in [0.29, 0.717) is 0 Å². The summed E-state index contributed by atoms with van der Waals surface area (Å²) in [6, 6.07) is 8.22. The van der Waals surface area contributed by atoms with E-state index >= 15 is 0 Å². The van der Waals surface area contributed by atoms with Crippen molar-refractivity contribution in [2.24, 2.45) is 0 Å². The fourth-order valence-corrected chi connectivity index (χ4v) is 3.33. The lowest BCUT2D eigenvalue weighted by Gasteiger charge is -2.48. The van der Waals surface area contributed by atoms with Gasteiger partial charge in [0, 0.05) is 25.1 Å². The van der Waals surface area contributed by atoms with Gasteiger partial charge in [0.25, 0.3) is 0 Å². The maximum atomic E-state index is 12.1. The molecule has 1 heterocycles. The van der Waals surface area contributed by atoms with E-state index in [1.165, 1.54) is 5.56 Å². The number of hydrogen-bond acceptors (Lipinski definition) is 4. The zero-order valence-electron chi connectivity index (χ0n) is 15.6. The molecule has 0 aromatic heterocycles. The van der Waals surface area contributed by atoms with E-state index in [1.54, 1.807) is 0 Å². The number of unbranched alkanes of at least 4 members (excludes halogenated alkanes) is 1. The van der Waals surface area contributed by atoms with Gasteiger partial charge in [0.15, 0.2) is 0 Å². The number of ether oxygens (including phenoxy) is 1. The molecule has 1 aromatic carbocycles. The lowest BCUT2D eigenvalue weighted by molar-refractivity contribution is 0.0315. The highest BCUT2D eigenvalue weighted by Gasteiger charge is 2.43. The van der Waals surface area contributed by atoms with E-state index in [0.717, 1.165) is 37.9 Å². The summed E-state index contributed by atoms with van der Waals surface area (Å²) in [7, 11) is 0. The number of aryl methyl sites for hydroxylation is 1. The smallest absolute Gasteiger partial charge is 0.408 e. The van der Waals surface area contributed by atoms with Gasteiger partial charge in [-0.1, -0.05) is 42.4 Å². The van der Waals surface area contributed by atoms with Crippen LogP contribution in [0.2, 0.25) is 0 Å². The van der Waals surface area contributed by atoms with E-state index in [1.807, 2.05) is 37.2 Å². The first-order valence-corrected chi connectivity index (χ1v) is 9.08. The van der Waals surface area contributed by atoms with Crippen LogP contribution in [0.15, 0.2) is 24.3 Å². The number of benzene rings is 1. The Kier molecular flexibility index (Phi) is 6.42. The quantitative estimate of drug-likeness (QED) is 0.485. The highest BCUT2D eigenvalue weighted by molar-refractivity contribution is 7.77. The van der Waals surface area contributed by atoms with Crippen molar-refractivity contribution in [2.45, 2.75) is 58.1 Å². The molecule has 0 unspecified atom stereocenters. The SMILES string of the molecule is Cc1ccc(C#CCCCC2(NC(=O)OC(C)(C)C)CN(S)C2)cc1. The van der Waals surface area contributed by atoms with Crippen LogP contribution in [0.1, 0.15) is 51.2 Å².